The van der Waals surface area contributed by atoms with E-state index in [4.69, 9.17) is 11.6 Å². The Morgan fingerprint density at radius 2 is 1.95 bits per heavy atom. The number of nitrogens with zero attached hydrogens (tertiary/aromatic N) is 1. The molecule has 1 rings (SSSR count). The Morgan fingerprint density at radius 1 is 1.33 bits per heavy atom. The first-order chi connectivity index (χ1) is 9.97. The van der Waals surface area contributed by atoms with Crippen LogP contribution in [0.4, 0.5) is 0 Å². The van der Waals surface area contributed by atoms with Gasteiger partial charge in [0.15, 0.2) is 0 Å². The first kappa shape index (κ1) is 17.5. The van der Waals surface area contributed by atoms with Crippen LogP contribution in [0.15, 0.2) is 24.3 Å². The van der Waals surface area contributed by atoms with Crippen molar-refractivity contribution in [2.45, 2.75) is 25.9 Å². The van der Waals surface area contributed by atoms with E-state index in [0.717, 1.165) is 6.42 Å². The Morgan fingerprint density at radius 3 is 2.48 bits per heavy atom. The molecule has 0 saturated heterocycles. The number of likely N-dealkylation sites (N-methyl/N-ethyl adjacent to an activating group) is 1. The highest BCUT2D eigenvalue weighted by Gasteiger charge is 2.20. The van der Waals surface area contributed by atoms with Gasteiger partial charge in [-0.1, -0.05) is 30.7 Å². The number of nitrogens with one attached hydrogen (secondary N) is 1. The van der Waals surface area contributed by atoms with Crippen molar-refractivity contribution in [3.05, 3.63) is 34.9 Å². The van der Waals surface area contributed by atoms with Gasteiger partial charge in [0, 0.05) is 18.6 Å². The van der Waals surface area contributed by atoms with Crippen molar-refractivity contribution in [1.29, 1.82) is 0 Å². The number of benzene rings is 1. The average Bonchev–Trinajstić information content (AvgIpc) is 2.47. The van der Waals surface area contributed by atoms with Crippen LogP contribution in [0.2, 0.25) is 5.02 Å². The Balaban J connectivity index is 2.67. The third kappa shape index (κ3) is 5.73. The second-order valence-corrected chi connectivity index (χ2v) is 5.20. The molecule has 2 N–H and O–H groups in total. The number of carbonyl (C=O) groups excluding carboxylic acids is 2. The molecule has 1 aromatic rings. The molecule has 0 heterocycles. The fourth-order valence-electron chi connectivity index (χ4n) is 1.91. The van der Waals surface area contributed by atoms with Crippen LogP contribution >= 0.6 is 11.6 Å². The third-order valence-corrected chi connectivity index (χ3v) is 3.33. The standard InChI is InChI=1S/C15H21ClN2O3/c1-3-8-18(10-14(20)17-2)15(21)9-13(19)11-4-6-12(16)7-5-11/h4-7,13,19H,3,8-10H2,1-2H3,(H,17,20). The zero-order valence-electron chi connectivity index (χ0n) is 12.3. The van der Waals surface area contributed by atoms with Crippen LogP contribution in [-0.2, 0) is 9.59 Å². The second kappa shape index (κ2) is 8.64. The molecule has 1 unspecified atom stereocenters. The van der Waals surface area contributed by atoms with Crippen LogP contribution in [0.5, 0.6) is 0 Å². The van der Waals surface area contributed by atoms with Gasteiger partial charge in [0.2, 0.25) is 11.8 Å². The molecule has 0 aliphatic carbocycles. The first-order valence-corrected chi connectivity index (χ1v) is 7.27. The van der Waals surface area contributed by atoms with Crippen molar-refractivity contribution < 1.29 is 14.7 Å². The number of rotatable bonds is 7. The van der Waals surface area contributed by atoms with Crippen molar-refractivity contribution in [2.75, 3.05) is 20.1 Å². The van der Waals surface area contributed by atoms with E-state index in [-0.39, 0.29) is 24.8 Å². The van der Waals surface area contributed by atoms with Crippen LogP contribution in [0, 0.1) is 0 Å². The summed E-state index contributed by atoms with van der Waals surface area (Å²) < 4.78 is 0. The molecule has 1 atom stereocenters. The predicted molar refractivity (Wildman–Crippen MR) is 82.0 cm³/mol. The lowest BCUT2D eigenvalue weighted by atomic mass is 10.1. The van der Waals surface area contributed by atoms with E-state index >= 15 is 0 Å². The molecule has 6 heteroatoms. The molecular formula is C15H21ClN2O3. The molecule has 0 aliphatic rings. The van der Waals surface area contributed by atoms with Crippen LogP contribution in [0.1, 0.15) is 31.4 Å². The lowest BCUT2D eigenvalue weighted by Gasteiger charge is -2.22. The highest BCUT2D eigenvalue weighted by Crippen LogP contribution is 2.20. The largest absolute Gasteiger partial charge is 0.388 e. The molecule has 0 spiro atoms. The molecule has 5 nitrogen and oxygen atoms in total. The maximum atomic E-state index is 12.2. The minimum absolute atomic E-state index is 0.0104. The van der Waals surface area contributed by atoms with Gasteiger partial charge in [0.25, 0.3) is 0 Å². The molecule has 0 fully saturated rings. The summed E-state index contributed by atoms with van der Waals surface area (Å²) >= 11 is 5.79. The Labute approximate surface area is 129 Å². The number of carbonyl (C=O) groups is 2. The highest BCUT2D eigenvalue weighted by atomic mass is 35.5. The first-order valence-electron chi connectivity index (χ1n) is 6.89. The van der Waals surface area contributed by atoms with Gasteiger partial charge in [0.1, 0.15) is 0 Å². The summed E-state index contributed by atoms with van der Waals surface area (Å²) in [5.74, 6) is -0.472. The third-order valence-electron chi connectivity index (χ3n) is 3.08. The van der Waals surface area contributed by atoms with Crippen molar-refractivity contribution in [3.63, 3.8) is 0 Å². The van der Waals surface area contributed by atoms with Gasteiger partial charge in [-0.15, -0.1) is 0 Å². The average molecular weight is 313 g/mol. The Kier molecular flexibility index (Phi) is 7.19. The molecular weight excluding hydrogens is 292 g/mol. The topological polar surface area (TPSA) is 69.6 Å². The van der Waals surface area contributed by atoms with Crippen molar-refractivity contribution in [2.24, 2.45) is 0 Å². The number of amides is 2. The number of hydrogen-bond acceptors (Lipinski definition) is 3. The van der Waals surface area contributed by atoms with E-state index in [1.165, 1.54) is 11.9 Å². The molecule has 0 aromatic heterocycles. The van der Waals surface area contributed by atoms with E-state index < -0.39 is 6.10 Å². The Hall–Kier alpha value is -1.59. The predicted octanol–water partition coefficient (Wildman–Crippen LogP) is 1.75. The quantitative estimate of drug-likeness (QED) is 0.806. The molecule has 116 valence electrons. The highest BCUT2D eigenvalue weighted by molar-refractivity contribution is 6.30. The van der Waals surface area contributed by atoms with Gasteiger partial charge in [-0.25, -0.2) is 0 Å². The second-order valence-electron chi connectivity index (χ2n) is 4.76. The summed E-state index contributed by atoms with van der Waals surface area (Å²) in [4.78, 5) is 25.1. The molecule has 0 radical (unpaired) electrons. The van der Waals surface area contributed by atoms with Gasteiger partial charge in [0.05, 0.1) is 19.1 Å². The number of halogens is 1. The lowest BCUT2D eigenvalue weighted by molar-refractivity contribution is -0.137. The summed E-state index contributed by atoms with van der Waals surface area (Å²) in [6.07, 6.45) is -0.211. The lowest BCUT2D eigenvalue weighted by Crippen LogP contribution is -2.40. The van der Waals surface area contributed by atoms with Gasteiger partial charge in [-0.3, -0.25) is 9.59 Å². The molecule has 2 amide bonds. The van der Waals surface area contributed by atoms with Crippen LogP contribution in [0.25, 0.3) is 0 Å². The van der Waals surface area contributed by atoms with Crippen LogP contribution < -0.4 is 5.32 Å². The maximum absolute atomic E-state index is 12.2. The fraction of sp³-hybridized carbons (Fsp3) is 0.467. The van der Waals surface area contributed by atoms with Crippen molar-refractivity contribution >= 4 is 23.4 Å². The van der Waals surface area contributed by atoms with E-state index in [0.29, 0.717) is 17.1 Å². The minimum Gasteiger partial charge on any atom is -0.388 e. The van der Waals surface area contributed by atoms with E-state index in [1.807, 2.05) is 6.92 Å². The maximum Gasteiger partial charge on any atom is 0.239 e. The summed E-state index contributed by atoms with van der Waals surface area (Å²) in [5, 5.41) is 13.2. The van der Waals surface area contributed by atoms with Gasteiger partial charge in [-0.05, 0) is 24.1 Å². The van der Waals surface area contributed by atoms with Gasteiger partial charge >= 0.3 is 0 Å². The number of hydrogen-bond donors (Lipinski definition) is 2. The van der Waals surface area contributed by atoms with E-state index in [2.05, 4.69) is 5.32 Å². The zero-order valence-corrected chi connectivity index (χ0v) is 13.1. The van der Waals surface area contributed by atoms with Crippen molar-refractivity contribution in [1.82, 2.24) is 10.2 Å². The molecule has 1 aromatic carbocycles. The normalized spacial score (nSPS) is 11.8. The minimum atomic E-state index is -0.904. The summed E-state index contributed by atoms with van der Waals surface area (Å²) in [7, 11) is 1.53. The van der Waals surface area contributed by atoms with E-state index in [9.17, 15) is 14.7 Å². The molecule has 0 saturated carbocycles. The summed E-state index contributed by atoms with van der Waals surface area (Å²) in [6, 6.07) is 6.70. The SMILES string of the molecule is CCCN(CC(=O)NC)C(=O)CC(O)c1ccc(Cl)cc1. The molecule has 21 heavy (non-hydrogen) atoms. The number of aliphatic hydroxyl groups excluding tert-OH is 1. The smallest absolute Gasteiger partial charge is 0.239 e. The Bertz CT molecular complexity index is 476. The van der Waals surface area contributed by atoms with Crippen LogP contribution in [0.3, 0.4) is 0 Å². The zero-order chi connectivity index (χ0) is 15.8. The van der Waals surface area contributed by atoms with E-state index in [1.54, 1.807) is 24.3 Å². The monoisotopic (exact) mass is 312 g/mol. The fourth-order valence-corrected chi connectivity index (χ4v) is 2.04. The van der Waals surface area contributed by atoms with Crippen LogP contribution in [-0.4, -0.2) is 42.0 Å². The number of aliphatic hydroxyl groups is 1. The summed E-state index contributed by atoms with van der Waals surface area (Å²) in [5.41, 5.74) is 0.629. The molecule has 0 bridgehead atoms. The summed E-state index contributed by atoms with van der Waals surface area (Å²) in [6.45, 7) is 2.43. The van der Waals surface area contributed by atoms with Gasteiger partial charge in [-0.2, -0.15) is 0 Å². The van der Waals surface area contributed by atoms with Crippen molar-refractivity contribution in [3.8, 4) is 0 Å². The van der Waals surface area contributed by atoms with Gasteiger partial charge < -0.3 is 15.3 Å². The molecule has 0 aliphatic heterocycles.